The van der Waals surface area contributed by atoms with Crippen molar-refractivity contribution in [2.24, 2.45) is 0 Å². The zero-order valence-electron chi connectivity index (χ0n) is 13.0. The second-order valence-corrected chi connectivity index (χ2v) is 5.26. The molecule has 24 heavy (non-hydrogen) atoms. The van der Waals surface area contributed by atoms with Gasteiger partial charge in [0.15, 0.2) is 0 Å². The number of halogens is 2. The highest BCUT2D eigenvalue weighted by atomic mass is 19.1. The third kappa shape index (κ3) is 5.79. The number of benzene rings is 2. The van der Waals surface area contributed by atoms with Gasteiger partial charge in [-0.2, -0.15) is 0 Å². The van der Waals surface area contributed by atoms with E-state index in [1.54, 1.807) is 24.3 Å². The Morgan fingerprint density at radius 2 is 1.00 bits per heavy atom. The van der Waals surface area contributed by atoms with E-state index in [2.05, 4.69) is 10.6 Å². The van der Waals surface area contributed by atoms with Crippen LogP contribution >= 0.6 is 0 Å². The summed E-state index contributed by atoms with van der Waals surface area (Å²) < 4.78 is 25.5. The Morgan fingerprint density at radius 3 is 1.33 bits per heavy atom. The molecule has 0 unspecified atom stereocenters. The first-order valence-corrected chi connectivity index (χ1v) is 7.59. The van der Waals surface area contributed by atoms with Gasteiger partial charge in [-0.25, -0.2) is 8.78 Å². The lowest BCUT2D eigenvalue weighted by Crippen LogP contribution is -2.41. The minimum absolute atomic E-state index is 0.288. The highest BCUT2D eigenvalue weighted by molar-refractivity contribution is 6.35. The van der Waals surface area contributed by atoms with Gasteiger partial charge in [0, 0.05) is 13.1 Å². The fraction of sp³-hybridized carbons (Fsp3) is 0.222. The predicted molar refractivity (Wildman–Crippen MR) is 86.2 cm³/mol. The first-order valence-electron chi connectivity index (χ1n) is 7.59. The van der Waals surface area contributed by atoms with Gasteiger partial charge in [0.25, 0.3) is 0 Å². The second kappa shape index (κ2) is 8.76. The molecule has 2 aromatic rings. The Labute approximate surface area is 138 Å². The van der Waals surface area contributed by atoms with Crippen LogP contribution in [0.2, 0.25) is 0 Å². The van der Waals surface area contributed by atoms with E-state index < -0.39 is 11.8 Å². The summed E-state index contributed by atoms with van der Waals surface area (Å²) in [5.41, 5.74) is 1.74. The van der Waals surface area contributed by atoms with E-state index in [4.69, 9.17) is 0 Å². The molecule has 6 heteroatoms. The van der Waals surface area contributed by atoms with Crippen LogP contribution < -0.4 is 10.6 Å². The van der Waals surface area contributed by atoms with Crippen molar-refractivity contribution in [1.29, 1.82) is 0 Å². The molecule has 0 atom stereocenters. The van der Waals surface area contributed by atoms with E-state index in [-0.39, 0.29) is 24.7 Å². The summed E-state index contributed by atoms with van der Waals surface area (Å²) in [7, 11) is 0. The molecule has 0 saturated heterocycles. The molecular formula is C18H18F2N2O2. The van der Waals surface area contributed by atoms with Gasteiger partial charge in [0.05, 0.1) is 0 Å². The highest BCUT2D eigenvalue weighted by Gasteiger charge is 2.11. The number of amides is 2. The van der Waals surface area contributed by atoms with Crippen LogP contribution in [0.5, 0.6) is 0 Å². The van der Waals surface area contributed by atoms with E-state index in [1.807, 2.05) is 0 Å². The number of hydrogen-bond donors (Lipinski definition) is 2. The summed E-state index contributed by atoms with van der Waals surface area (Å²) >= 11 is 0. The third-order valence-corrected chi connectivity index (χ3v) is 3.43. The van der Waals surface area contributed by atoms with Gasteiger partial charge in [0.1, 0.15) is 11.6 Å². The van der Waals surface area contributed by atoms with Gasteiger partial charge in [-0.1, -0.05) is 24.3 Å². The van der Waals surface area contributed by atoms with Crippen LogP contribution in [0.1, 0.15) is 11.1 Å². The summed E-state index contributed by atoms with van der Waals surface area (Å²) in [4.78, 5) is 23.3. The fourth-order valence-corrected chi connectivity index (χ4v) is 2.10. The quantitative estimate of drug-likeness (QED) is 0.795. The standard InChI is InChI=1S/C18H18F2N2O2/c19-15-5-1-13(2-6-15)9-11-21-17(23)18(24)22-12-10-14-3-7-16(20)8-4-14/h1-8H,9-12H2,(H,21,23)(H,22,24). The summed E-state index contributed by atoms with van der Waals surface area (Å²) in [6.45, 7) is 0.575. The Morgan fingerprint density at radius 1 is 0.667 bits per heavy atom. The maximum atomic E-state index is 12.8. The van der Waals surface area contributed by atoms with Crippen molar-refractivity contribution in [2.45, 2.75) is 12.8 Å². The average molecular weight is 332 g/mol. The molecule has 2 N–H and O–H groups in total. The molecule has 0 aliphatic carbocycles. The number of carbonyl (C=O) groups excluding carboxylic acids is 2. The summed E-state index contributed by atoms with van der Waals surface area (Å²) in [5, 5.41) is 5.01. The molecule has 0 bridgehead atoms. The normalized spacial score (nSPS) is 10.2. The molecule has 2 amide bonds. The summed E-state index contributed by atoms with van der Waals surface area (Å²) in [6, 6.07) is 11.9. The van der Waals surface area contributed by atoms with Crippen molar-refractivity contribution in [2.75, 3.05) is 13.1 Å². The van der Waals surface area contributed by atoms with Crippen molar-refractivity contribution in [3.05, 3.63) is 71.3 Å². The van der Waals surface area contributed by atoms with Crippen molar-refractivity contribution in [3.8, 4) is 0 Å². The van der Waals surface area contributed by atoms with E-state index in [0.717, 1.165) is 11.1 Å². The lowest BCUT2D eigenvalue weighted by Gasteiger charge is -2.07. The van der Waals surface area contributed by atoms with E-state index >= 15 is 0 Å². The minimum atomic E-state index is -0.712. The molecular weight excluding hydrogens is 314 g/mol. The van der Waals surface area contributed by atoms with Gasteiger partial charge >= 0.3 is 11.8 Å². The van der Waals surface area contributed by atoms with Gasteiger partial charge in [-0.3, -0.25) is 9.59 Å². The molecule has 0 radical (unpaired) electrons. The fourth-order valence-electron chi connectivity index (χ4n) is 2.10. The lowest BCUT2D eigenvalue weighted by molar-refractivity contribution is -0.139. The molecule has 0 aliphatic rings. The van der Waals surface area contributed by atoms with E-state index in [9.17, 15) is 18.4 Å². The Kier molecular flexibility index (Phi) is 6.42. The molecule has 0 aliphatic heterocycles. The smallest absolute Gasteiger partial charge is 0.309 e. The average Bonchev–Trinajstić information content (AvgIpc) is 2.58. The molecule has 0 spiro atoms. The molecule has 0 heterocycles. The molecule has 2 aromatic carbocycles. The Hall–Kier alpha value is -2.76. The molecule has 0 fully saturated rings. The first-order chi connectivity index (χ1) is 11.5. The van der Waals surface area contributed by atoms with Crippen molar-refractivity contribution in [3.63, 3.8) is 0 Å². The predicted octanol–water partition coefficient (Wildman–Crippen LogP) is 1.98. The second-order valence-electron chi connectivity index (χ2n) is 5.26. The summed E-state index contributed by atoms with van der Waals surface area (Å²) in [6.07, 6.45) is 1.02. The molecule has 2 rings (SSSR count). The molecule has 0 aromatic heterocycles. The summed E-state index contributed by atoms with van der Waals surface area (Å²) in [5.74, 6) is -2.06. The lowest BCUT2D eigenvalue weighted by atomic mass is 10.1. The van der Waals surface area contributed by atoms with Gasteiger partial charge in [0.2, 0.25) is 0 Å². The Balaban J connectivity index is 1.65. The van der Waals surface area contributed by atoms with Gasteiger partial charge in [-0.15, -0.1) is 0 Å². The van der Waals surface area contributed by atoms with Crippen molar-refractivity contribution < 1.29 is 18.4 Å². The van der Waals surface area contributed by atoms with Crippen LogP contribution in [0.4, 0.5) is 8.78 Å². The third-order valence-electron chi connectivity index (χ3n) is 3.43. The van der Waals surface area contributed by atoms with E-state index in [1.165, 1.54) is 24.3 Å². The Bertz CT molecular complexity index is 624. The van der Waals surface area contributed by atoms with Gasteiger partial charge < -0.3 is 10.6 Å². The monoisotopic (exact) mass is 332 g/mol. The largest absolute Gasteiger partial charge is 0.348 e. The highest BCUT2D eigenvalue weighted by Crippen LogP contribution is 2.03. The maximum Gasteiger partial charge on any atom is 0.309 e. The number of rotatable bonds is 6. The number of nitrogens with one attached hydrogen (secondary N) is 2. The van der Waals surface area contributed by atoms with Gasteiger partial charge in [-0.05, 0) is 48.2 Å². The number of carbonyl (C=O) groups is 2. The van der Waals surface area contributed by atoms with Crippen LogP contribution in [0, 0.1) is 11.6 Å². The SMILES string of the molecule is O=C(NCCc1ccc(F)cc1)C(=O)NCCc1ccc(F)cc1. The molecule has 4 nitrogen and oxygen atoms in total. The van der Waals surface area contributed by atoms with Crippen molar-refractivity contribution in [1.82, 2.24) is 10.6 Å². The van der Waals surface area contributed by atoms with E-state index in [0.29, 0.717) is 12.8 Å². The van der Waals surface area contributed by atoms with Crippen LogP contribution in [-0.4, -0.2) is 24.9 Å². The zero-order valence-corrected chi connectivity index (χ0v) is 13.0. The van der Waals surface area contributed by atoms with Crippen molar-refractivity contribution >= 4 is 11.8 Å². The minimum Gasteiger partial charge on any atom is -0.348 e. The molecule has 0 saturated carbocycles. The number of hydrogen-bond acceptors (Lipinski definition) is 2. The van der Waals surface area contributed by atoms with Crippen LogP contribution in [-0.2, 0) is 22.4 Å². The first kappa shape index (κ1) is 17.6. The van der Waals surface area contributed by atoms with Crippen LogP contribution in [0.15, 0.2) is 48.5 Å². The maximum absolute atomic E-state index is 12.8. The van der Waals surface area contributed by atoms with Crippen LogP contribution in [0.3, 0.4) is 0 Å². The molecule has 126 valence electrons. The zero-order chi connectivity index (χ0) is 17.4. The topological polar surface area (TPSA) is 58.2 Å². The van der Waals surface area contributed by atoms with Crippen LogP contribution in [0.25, 0.3) is 0 Å².